The van der Waals surface area contributed by atoms with Gasteiger partial charge in [-0.2, -0.15) is 0 Å². The highest BCUT2D eigenvalue weighted by atomic mass is 35.5. The first-order valence-electron chi connectivity index (χ1n) is 9.78. The van der Waals surface area contributed by atoms with Crippen LogP contribution in [0.3, 0.4) is 0 Å². The Morgan fingerprint density at radius 1 is 1.00 bits per heavy atom. The second-order valence-electron chi connectivity index (χ2n) is 7.33. The van der Waals surface area contributed by atoms with E-state index in [1.807, 2.05) is 0 Å². The summed E-state index contributed by atoms with van der Waals surface area (Å²) in [5, 5.41) is 0.839. The summed E-state index contributed by atoms with van der Waals surface area (Å²) in [5.41, 5.74) is 1.66. The molecule has 2 rings (SSSR count). The Kier molecular flexibility index (Phi) is 7.59. The molecule has 0 amide bonds. The minimum absolute atomic E-state index is 0.196. The van der Waals surface area contributed by atoms with Gasteiger partial charge in [-0.25, -0.2) is 0 Å². The fourth-order valence-corrected chi connectivity index (χ4v) is 4.53. The molecule has 1 aromatic carbocycles. The molecule has 0 heterocycles. The highest BCUT2D eigenvalue weighted by molar-refractivity contribution is 6.30. The molecule has 0 radical (unpaired) electrons. The lowest BCUT2D eigenvalue weighted by molar-refractivity contribution is 0.0213. The third-order valence-corrected chi connectivity index (χ3v) is 6.13. The Morgan fingerprint density at radius 2 is 1.54 bits per heavy atom. The molecule has 1 fully saturated rings. The van der Waals surface area contributed by atoms with Crippen molar-refractivity contribution < 1.29 is 0 Å². The first kappa shape index (κ1) is 19.8. The molecule has 0 N–H and O–H groups in total. The summed E-state index contributed by atoms with van der Waals surface area (Å²) in [4.78, 5) is 5.29. The van der Waals surface area contributed by atoms with Gasteiger partial charge in [0.2, 0.25) is 0 Å². The van der Waals surface area contributed by atoms with Crippen LogP contribution in [0.25, 0.3) is 0 Å². The maximum atomic E-state index is 6.16. The van der Waals surface area contributed by atoms with Crippen molar-refractivity contribution in [2.24, 2.45) is 0 Å². The van der Waals surface area contributed by atoms with Crippen molar-refractivity contribution in [2.75, 3.05) is 26.7 Å². The molecule has 2 nitrogen and oxygen atoms in total. The molecule has 1 aliphatic rings. The van der Waals surface area contributed by atoms with Gasteiger partial charge in [0.25, 0.3) is 0 Å². The zero-order chi connectivity index (χ0) is 17.6. The highest BCUT2D eigenvalue weighted by Gasteiger charge is 2.41. The summed E-state index contributed by atoms with van der Waals surface area (Å²) < 4.78 is 0. The van der Waals surface area contributed by atoms with Gasteiger partial charge in [-0.15, -0.1) is 0 Å². The maximum Gasteiger partial charge on any atom is 0.0461 e. The van der Waals surface area contributed by atoms with Crippen molar-refractivity contribution in [1.29, 1.82) is 0 Å². The van der Waals surface area contributed by atoms with E-state index in [9.17, 15) is 0 Å². The summed E-state index contributed by atoms with van der Waals surface area (Å²) in [7, 11) is 2.27. The van der Waals surface area contributed by atoms with E-state index in [-0.39, 0.29) is 5.54 Å². The lowest BCUT2D eigenvalue weighted by Crippen LogP contribution is -2.51. The van der Waals surface area contributed by atoms with E-state index < -0.39 is 0 Å². The maximum absolute atomic E-state index is 6.16. The van der Waals surface area contributed by atoms with E-state index >= 15 is 0 Å². The van der Waals surface area contributed by atoms with E-state index in [1.165, 1.54) is 57.2 Å². The predicted molar refractivity (Wildman–Crippen MR) is 106 cm³/mol. The molecule has 0 atom stereocenters. The second-order valence-corrected chi connectivity index (χ2v) is 7.77. The molecule has 0 bridgehead atoms. The van der Waals surface area contributed by atoms with Gasteiger partial charge in [0.1, 0.15) is 0 Å². The van der Waals surface area contributed by atoms with Crippen molar-refractivity contribution in [1.82, 2.24) is 9.80 Å². The molecule has 0 aliphatic heterocycles. The number of hydrogen-bond acceptors (Lipinski definition) is 2. The number of rotatable bonds is 8. The second kappa shape index (κ2) is 9.22. The summed E-state index contributed by atoms with van der Waals surface area (Å²) in [6, 6.07) is 9.41. The van der Waals surface area contributed by atoms with Gasteiger partial charge in [-0.3, -0.25) is 4.90 Å². The minimum atomic E-state index is 0.196. The molecule has 3 heteroatoms. The Labute approximate surface area is 154 Å². The largest absolute Gasteiger partial charge is 0.304 e. The van der Waals surface area contributed by atoms with Crippen LogP contribution in [0.1, 0.15) is 64.9 Å². The van der Waals surface area contributed by atoms with E-state index in [0.717, 1.165) is 17.6 Å². The van der Waals surface area contributed by atoms with Gasteiger partial charge >= 0.3 is 0 Å². The lowest BCUT2D eigenvalue weighted by Gasteiger charge is -2.50. The molecule has 24 heavy (non-hydrogen) atoms. The Balaban J connectivity index is 2.30. The zero-order valence-corrected chi connectivity index (χ0v) is 16.8. The summed E-state index contributed by atoms with van der Waals surface area (Å²) >= 11 is 6.16. The van der Waals surface area contributed by atoms with Gasteiger partial charge in [-0.1, -0.05) is 44.5 Å². The summed E-state index contributed by atoms with van der Waals surface area (Å²) in [6.07, 6.45) is 7.52. The summed E-state index contributed by atoms with van der Waals surface area (Å²) in [5.74, 6) is 0. The molecular formula is C21H35ClN2. The lowest BCUT2D eigenvalue weighted by atomic mass is 9.73. The number of hydrogen-bond donors (Lipinski definition) is 0. The van der Waals surface area contributed by atoms with Crippen molar-refractivity contribution in [3.63, 3.8) is 0 Å². The first-order chi connectivity index (χ1) is 11.6. The average molecular weight is 351 g/mol. The fourth-order valence-electron chi connectivity index (χ4n) is 4.41. The number of benzene rings is 1. The standard InChI is InChI=1S/C21H35ClN2/c1-5-16-24(17-6-2)21(18-8-10-19(22)11-9-18)14-12-20(13-15-21)23(4)7-3/h8-11,20H,5-7,12-17H2,1-4H3. The van der Waals surface area contributed by atoms with Gasteiger partial charge < -0.3 is 4.90 Å². The normalized spacial score (nSPS) is 24.7. The van der Waals surface area contributed by atoms with Gasteiger partial charge in [-0.05, 0) is 82.9 Å². The van der Waals surface area contributed by atoms with Gasteiger partial charge in [0.15, 0.2) is 0 Å². The molecule has 1 saturated carbocycles. The predicted octanol–water partition coefficient (Wildman–Crippen LogP) is 5.55. The van der Waals surface area contributed by atoms with Gasteiger partial charge in [0.05, 0.1) is 0 Å². The van der Waals surface area contributed by atoms with Crippen LogP contribution >= 0.6 is 11.6 Å². The third kappa shape index (κ3) is 4.33. The molecule has 0 unspecified atom stereocenters. The van der Waals surface area contributed by atoms with Crippen LogP contribution in [0.2, 0.25) is 5.02 Å². The van der Waals surface area contributed by atoms with Crippen LogP contribution in [0.4, 0.5) is 0 Å². The quantitative estimate of drug-likeness (QED) is 0.606. The van der Waals surface area contributed by atoms with E-state index in [0.29, 0.717) is 0 Å². The van der Waals surface area contributed by atoms with Crippen LogP contribution in [0, 0.1) is 0 Å². The Hall–Kier alpha value is -0.570. The third-order valence-electron chi connectivity index (χ3n) is 5.88. The topological polar surface area (TPSA) is 6.48 Å². The first-order valence-corrected chi connectivity index (χ1v) is 10.2. The molecule has 1 aromatic rings. The molecule has 1 aliphatic carbocycles. The van der Waals surface area contributed by atoms with Crippen molar-refractivity contribution in [3.05, 3.63) is 34.9 Å². The number of halogens is 1. The van der Waals surface area contributed by atoms with Crippen LogP contribution in [-0.4, -0.2) is 42.5 Å². The van der Waals surface area contributed by atoms with E-state index in [2.05, 4.69) is 61.9 Å². The molecule has 0 spiro atoms. The average Bonchev–Trinajstić information content (AvgIpc) is 2.61. The van der Waals surface area contributed by atoms with E-state index in [1.54, 1.807) is 0 Å². The van der Waals surface area contributed by atoms with Crippen molar-refractivity contribution >= 4 is 11.6 Å². The van der Waals surface area contributed by atoms with Crippen molar-refractivity contribution in [2.45, 2.75) is 70.9 Å². The molecular weight excluding hydrogens is 316 g/mol. The highest BCUT2D eigenvalue weighted by Crippen LogP contribution is 2.43. The number of nitrogens with zero attached hydrogens (tertiary/aromatic N) is 2. The Bertz CT molecular complexity index is 471. The van der Waals surface area contributed by atoms with Crippen LogP contribution in [0.5, 0.6) is 0 Å². The molecule has 136 valence electrons. The Morgan fingerprint density at radius 3 is 2.00 bits per heavy atom. The monoisotopic (exact) mass is 350 g/mol. The smallest absolute Gasteiger partial charge is 0.0461 e. The molecule has 0 saturated heterocycles. The van der Waals surface area contributed by atoms with Crippen LogP contribution in [0.15, 0.2) is 24.3 Å². The van der Waals surface area contributed by atoms with Crippen molar-refractivity contribution in [3.8, 4) is 0 Å². The van der Waals surface area contributed by atoms with Crippen LogP contribution in [-0.2, 0) is 5.54 Å². The van der Waals surface area contributed by atoms with Gasteiger partial charge in [0, 0.05) is 16.6 Å². The van der Waals surface area contributed by atoms with E-state index in [4.69, 9.17) is 11.6 Å². The SMILES string of the molecule is CCCN(CCC)C1(c2ccc(Cl)cc2)CCC(N(C)CC)CC1. The summed E-state index contributed by atoms with van der Waals surface area (Å²) in [6.45, 7) is 10.4. The molecule has 0 aromatic heterocycles. The fraction of sp³-hybridized carbons (Fsp3) is 0.714. The minimum Gasteiger partial charge on any atom is -0.304 e. The van der Waals surface area contributed by atoms with Crippen LogP contribution < -0.4 is 0 Å². The zero-order valence-electron chi connectivity index (χ0n) is 16.0.